The number of methoxy groups -OCH3 is 1. The van der Waals surface area contributed by atoms with E-state index in [-0.39, 0.29) is 0 Å². The van der Waals surface area contributed by atoms with Crippen LogP contribution in [0.2, 0.25) is 0 Å². The van der Waals surface area contributed by atoms with Crippen LogP contribution in [-0.2, 0) is 0 Å². The van der Waals surface area contributed by atoms with Crippen molar-refractivity contribution in [3.05, 3.63) is 121 Å². The lowest BCUT2D eigenvalue weighted by atomic mass is 9.99. The molecule has 43 heavy (non-hydrogen) atoms. The van der Waals surface area contributed by atoms with Gasteiger partial charge in [-0.3, -0.25) is 0 Å². The molecule has 0 aliphatic carbocycles. The maximum absolute atomic E-state index is 9.86. The first kappa shape index (κ1) is 23.7. The van der Waals surface area contributed by atoms with Gasteiger partial charge in [0, 0.05) is 37.9 Å². The SMILES string of the molecule is COc1ccc2oc3c(ccc4c5cc(-c6ccc(C#N)cc6-n6c7ccccc7c7ccccc76)ccc5oc43)c2c1. The molecule has 0 bridgehead atoms. The van der Waals surface area contributed by atoms with E-state index in [1.54, 1.807) is 7.11 Å². The van der Waals surface area contributed by atoms with Gasteiger partial charge in [-0.2, -0.15) is 5.26 Å². The fourth-order valence-corrected chi connectivity index (χ4v) is 6.55. The molecule has 0 radical (unpaired) electrons. The van der Waals surface area contributed by atoms with Gasteiger partial charge in [0.15, 0.2) is 11.2 Å². The standard InChI is InChI=1S/C38H22N2O3/c1-41-24-12-17-36-31(20-24)29-15-14-28-30-19-23(11-16-35(30)42-37(28)38(29)43-36)25-13-10-22(21-39)18-34(25)40-32-8-4-2-6-26(32)27-7-3-5-9-33(27)40/h2-20H,1H3. The minimum atomic E-state index is 0.611. The average molecular weight is 555 g/mol. The maximum atomic E-state index is 9.86. The average Bonchev–Trinajstić information content (AvgIpc) is 3.73. The molecule has 0 saturated carbocycles. The maximum Gasteiger partial charge on any atom is 0.178 e. The molecule has 0 amide bonds. The van der Waals surface area contributed by atoms with Crippen molar-refractivity contribution in [1.82, 2.24) is 4.57 Å². The second-order valence-corrected chi connectivity index (χ2v) is 10.8. The number of rotatable bonds is 3. The molecule has 0 saturated heterocycles. The Hall–Kier alpha value is -5.99. The highest BCUT2D eigenvalue weighted by molar-refractivity contribution is 6.19. The van der Waals surface area contributed by atoms with Crippen molar-refractivity contribution in [1.29, 1.82) is 5.26 Å². The lowest BCUT2D eigenvalue weighted by molar-refractivity contribution is 0.415. The van der Waals surface area contributed by atoms with E-state index in [0.29, 0.717) is 5.56 Å². The van der Waals surface area contributed by atoms with Gasteiger partial charge in [0.25, 0.3) is 0 Å². The highest BCUT2D eigenvalue weighted by Crippen LogP contribution is 2.42. The highest BCUT2D eigenvalue weighted by atomic mass is 16.5. The fraction of sp³-hybridized carbons (Fsp3) is 0.0263. The van der Waals surface area contributed by atoms with E-state index in [9.17, 15) is 5.26 Å². The first-order chi connectivity index (χ1) is 21.2. The Morgan fingerprint density at radius 2 is 1.23 bits per heavy atom. The highest BCUT2D eigenvalue weighted by Gasteiger charge is 2.19. The summed E-state index contributed by atoms with van der Waals surface area (Å²) >= 11 is 0. The summed E-state index contributed by atoms with van der Waals surface area (Å²) in [5, 5.41) is 16.2. The predicted octanol–water partition coefficient (Wildman–Crippen LogP) is 10.1. The smallest absolute Gasteiger partial charge is 0.178 e. The number of furan rings is 2. The van der Waals surface area contributed by atoms with Gasteiger partial charge < -0.3 is 18.1 Å². The first-order valence-electron chi connectivity index (χ1n) is 14.1. The van der Waals surface area contributed by atoms with Crippen molar-refractivity contribution in [3.8, 4) is 28.6 Å². The van der Waals surface area contributed by atoms with Gasteiger partial charge in [-0.1, -0.05) is 48.5 Å². The van der Waals surface area contributed by atoms with Crippen LogP contribution >= 0.6 is 0 Å². The summed E-state index contributed by atoms with van der Waals surface area (Å²) < 4.78 is 20.4. The summed E-state index contributed by atoms with van der Waals surface area (Å²) in [4.78, 5) is 0. The van der Waals surface area contributed by atoms with E-state index in [1.807, 2.05) is 42.5 Å². The van der Waals surface area contributed by atoms with Crippen molar-refractivity contribution in [2.75, 3.05) is 7.11 Å². The quantitative estimate of drug-likeness (QED) is 0.218. The number of nitriles is 1. The monoisotopic (exact) mass is 554 g/mol. The number of para-hydroxylation sites is 2. The van der Waals surface area contributed by atoms with Crippen molar-refractivity contribution < 1.29 is 13.6 Å². The van der Waals surface area contributed by atoms with Gasteiger partial charge in [0.05, 0.1) is 35.5 Å². The molecule has 3 heterocycles. The summed E-state index contributed by atoms with van der Waals surface area (Å²) in [6, 6.07) is 41.4. The van der Waals surface area contributed by atoms with Crippen LogP contribution in [0.5, 0.6) is 5.75 Å². The van der Waals surface area contributed by atoms with E-state index < -0.39 is 0 Å². The molecular weight excluding hydrogens is 532 g/mol. The minimum Gasteiger partial charge on any atom is -0.497 e. The van der Waals surface area contributed by atoms with E-state index in [1.165, 1.54) is 10.8 Å². The molecule has 0 spiro atoms. The second-order valence-electron chi connectivity index (χ2n) is 10.8. The molecule has 6 aromatic carbocycles. The van der Waals surface area contributed by atoms with E-state index in [2.05, 4.69) is 83.4 Å². The zero-order chi connectivity index (χ0) is 28.7. The van der Waals surface area contributed by atoms with Gasteiger partial charge in [0.2, 0.25) is 0 Å². The number of hydrogen-bond donors (Lipinski definition) is 0. The lowest BCUT2D eigenvalue weighted by Crippen LogP contribution is -1.98. The van der Waals surface area contributed by atoms with Crippen LogP contribution in [0.3, 0.4) is 0 Å². The third-order valence-electron chi connectivity index (χ3n) is 8.54. The van der Waals surface area contributed by atoms with Crippen molar-refractivity contribution in [2.24, 2.45) is 0 Å². The normalized spacial score (nSPS) is 11.8. The Labute approximate surface area is 245 Å². The fourth-order valence-electron chi connectivity index (χ4n) is 6.55. The van der Waals surface area contributed by atoms with Gasteiger partial charge in [-0.15, -0.1) is 0 Å². The number of hydrogen-bond acceptors (Lipinski definition) is 4. The van der Waals surface area contributed by atoms with Crippen molar-refractivity contribution >= 4 is 65.7 Å². The minimum absolute atomic E-state index is 0.611. The van der Waals surface area contributed by atoms with Crippen molar-refractivity contribution in [3.63, 3.8) is 0 Å². The summed E-state index contributed by atoms with van der Waals surface area (Å²) in [5.41, 5.74) is 8.85. The topological polar surface area (TPSA) is 64.2 Å². The number of benzene rings is 6. The molecule has 9 aromatic rings. The molecule has 3 aromatic heterocycles. The summed E-state index contributed by atoms with van der Waals surface area (Å²) in [6.45, 7) is 0. The van der Waals surface area contributed by atoms with Crippen LogP contribution in [0.25, 0.3) is 82.5 Å². The first-order valence-corrected chi connectivity index (χ1v) is 14.1. The van der Waals surface area contributed by atoms with E-state index in [4.69, 9.17) is 13.6 Å². The summed E-state index contributed by atoms with van der Waals surface area (Å²) in [5.74, 6) is 0.783. The Morgan fingerprint density at radius 1 is 0.605 bits per heavy atom. The van der Waals surface area contributed by atoms with Gasteiger partial charge in [0.1, 0.15) is 16.9 Å². The number of ether oxygens (including phenoxy) is 1. The molecule has 0 atom stereocenters. The molecule has 5 heteroatoms. The van der Waals surface area contributed by atoms with Crippen LogP contribution in [0.4, 0.5) is 0 Å². The molecule has 0 unspecified atom stereocenters. The Balaban J connectivity index is 1.30. The van der Waals surface area contributed by atoms with Crippen LogP contribution < -0.4 is 4.74 Å². The Kier molecular flexibility index (Phi) is 4.82. The third kappa shape index (κ3) is 3.32. The van der Waals surface area contributed by atoms with E-state index in [0.717, 1.165) is 77.5 Å². The lowest BCUT2D eigenvalue weighted by Gasteiger charge is -2.15. The van der Waals surface area contributed by atoms with Gasteiger partial charge >= 0.3 is 0 Å². The number of aromatic nitrogens is 1. The molecule has 0 aliphatic heterocycles. The third-order valence-corrected chi connectivity index (χ3v) is 8.54. The summed E-state index contributed by atoms with van der Waals surface area (Å²) in [7, 11) is 1.67. The van der Waals surface area contributed by atoms with Crippen LogP contribution in [0, 0.1) is 11.3 Å². The zero-order valence-corrected chi connectivity index (χ0v) is 23.1. The van der Waals surface area contributed by atoms with Crippen LogP contribution in [0.15, 0.2) is 124 Å². The Bertz CT molecular complexity index is 2570. The molecule has 0 N–H and O–H groups in total. The molecule has 0 aliphatic rings. The molecule has 5 nitrogen and oxygen atoms in total. The molecule has 0 fully saturated rings. The molecule has 9 rings (SSSR count). The van der Waals surface area contributed by atoms with Crippen LogP contribution in [-0.4, -0.2) is 11.7 Å². The predicted molar refractivity (Wildman–Crippen MR) is 172 cm³/mol. The largest absolute Gasteiger partial charge is 0.497 e. The number of fused-ring (bicyclic) bond motifs is 10. The zero-order valence-electron chi connectivity index (χ0n) is 23.1. The van der Waals surface area contributed by atoms with Crippen LogP contribution in [0.1, 0.15) is 5.56 Å². The van der Waals surface area contributed by atoms with Gasteiger partial charge in [-0.05, 0) is 72.3 Å². The van der Waals surface area contributed by atoms with Crippen molar-refractivity contribution in [2.45, 2.75) is 0 Å². The second kappa shape index (κ2) is 8.75. The Morgan fingerprint density at radius 3 is 1.88 bits per heavy atom. The summed E-state index contributed by atoms with van der Waals surface area (Å²) in [6.07, 6.45) is 0. The molecular formula is C38H22N2O3. The van der Waals surface area contributed by atoms with E-state index >= 15 is 0 Å². The number of nitrogens with zero attached hydrogens (tertiary/aromatic N) is 2. The molecule has 202 valence electrons. The van der Waals surface area contributed by atoms with Gasteiger partial charge in [-0.25, -0.2) is 0 Å².